The predicted octanol–water partition coefficient (Wildman–Crippen LogP) is 2.78. The Morgan fingerprint density at radius 3 is 2.65 bits per heavy atom. The van der Waals surface area contributed by atoms with Gasteiger partial charge < -0.3 is 19.2 Å². The van der Waals surface area contributed by atoms with E-state index in [4.69, 9.17) is 13.9 Å². The van der Waals surface area contributed by atoms with Gasteiger partial charge in [0, 0.05) is 18.0 Å². The maximum atomic E-state index is 12.3. The molecule has 1 heterocycles. The highest BCUT2D eigenvalue weighted by Gasteiger charge is 2.13. The minimum absolute atomic E-state index is 0.00889. The van der Waals surface area contributed by atoms with E-state index < -0.39 is 11.5 Å². The minimum atomic E-state index is -0.650. The van der Waals surface area contributed by atoms with Crippen molar-refractivity contribution in [3.63, 3.8) is 0 Å². The van der Waals surface area contributed by atoms with Crippen molar-refractivity contribution in [3.05, 3.63) is 70.1 Å². The molecule has 0 aliphatic rings. The Kier molecular flexibility index (Phi) is 5.22. The standard InChI is InChI=1S/C20H19NO5/c1-24-15-8-7-13(18(12-15)25-2)9-10-21-19(22)16-11-14-5-3-4-6-17(14)26-20(16)23/h3-8,11-12H,9-10H2,1-2H3,(H,21,22). The fourth-order valence-corrected chi connectivity index (χ4v) is 2.68. The third-order valence-electron chi connectivity index (χ3n) is 4.06. The second-order valence-corrected chi connectivity index (χ2v) is 5.67. The van der Waals surface area contributed by atoms with Crippen molar-refractivity contribution >= 4 is 16.9 Å². The lowest BCUT2D eigenvalue weighted by Gasteiger charge is -2.11. The molecule has 0 saturated carbocycles. The minimum Gasteiger partial charge on any atom is -0.497 e. The molecule has 134 valence electrons. The summed E-state index contributed by atoms with van der Waals surface area (Å²) in [7, 11) is 3.17. The average Bonchev–Trinajstić information content (AvgIpc) is 2.67. The number of benzene rings is 2. The summed E-state index contributed by atoms with van der Waals surface area (Å²) in [5.41, 5.74) is 0.727. The summed E-state index contributed by atoms with van der Waals surface area (Å²) in [6.07, 6.45) is 0.553. The number of hydrogen-bond acceptors (Lipinski definition) is 5. The van der Waals surface area contributed by atoms with E-state index >= 15 is 0 Å². The van der Waals surface area contributed by atoms with Crippen molar-refractivity contribution in [2.45, 2.75) is 6.42 Å². The van der Waals surface area contributed by atoms with Crippen LogP contribution in [0.1, 0.15) is 15.9 Å². The van der Waals surface area contributed by atoms with Gasteiger partial charge in [0.15, 0.2) is 0 Å². The smallest absolute Gasteiger partial charge is 0.349 e. The zero-order valence-electron chi connectivity index (χ0n) is 14.6. The first kappa shape index (κ1) is 17.5. The summed E-state index contributed by atoms with van der Waals surface area (Å²) in [6.45, 7) is 0.355. The first-order valence-corrected chi connectivity index (χ1v) is 8.14. The second kappa shape index (κ2) is 7.74. The molecule has 0 aliphatic heterocycles. The average molecular weight is 353 g/mol. The highest BCUT2D eigenvalue weighted by atomic mass is 16.5. The fraction of sp³-hybridized carbons (Fsp3) is 0.200. The number of rotatable bonds is 6. The Morgan fingerprint density at radius 1 is 1.08 bits per heavy atom. The third kappa shape index (κ3) is 3.69. The number of carbonyl (C=O) groups is 1. The van der Waals surface area contributed by atoms with Crippen molar-refractivity contribution in [2.24, 2.45) is 0 Å². The molecule has 1 amide bonds. The normalized spacial score (nSPS) is 10.5. The van der Waals surface area contributed by atoms with Crippen LogP contribution < -0.4 is 20.4 Å². The van der Waals surface area contributed by atoms with Crippen molar-refractivity contribution in [1.82, 2.24) is 5.32 Å². The van der Waals surface area contributed by atoms with Gasteiger partial charge in [-0.05, 0) is 30.2 Å². The topological polar surface area (TPSA) is 77.8 Å². The lowest BCUT2D eigenvalue weighted by Crippen LogP contribution is -2.30. The van der Waals surface area contributed by atoms with Gasteiger partial charge in [-0.1, -0.05) is 24.3 Å². The summed E-state index contributed by atoms with van der Waals surface area (Å²) in [5, 5.41) is 3.45. The van der Waals surface area contributed by atoms with Crippen LogP contribution in [0.15, 0.2) is 57.7 Å². The molecule has 1 aromatic heterocycles. The maximum Gasteiger partial charge on any atom is 0.349 e. The molecule has 0 saturated heterocycles. The maximum absolute atomic E-state index is 12.3. The zero-order valence-corrected chi connectivity index (χ0v) is 14.6. The van der Waals surface area contributed by atoms with E-state index in [9.17, 15) is 9.59 Å². The van der Waals surface area contributed by atoms with E-state index in [1.807, 2.05) is 18.2 Å². The summed E-state index contributed by atoms with van der Waals surface area (Å²) in [5.74, 6) is 0.921. The van der Waals surface area contributed by atoms with E-state index in [0.29, 0.717) is 35.4 Å². The van der Waals surface area contributed by atoms with Gasteiger partial charge in [-0.3, -0.25) is 4.79 Å². The molecule has 6 heteroatoms. The van der Waals surface area contributed by atoms with Crippen molar-refractivity contribution in [1.29, 1.82) is 0 Å². The van der Waals surface area contributed by atoms with Gasteiger partial charge in [-0.25, -0.2) is 4.79 Å². The Bertz CT molecular complexity index is 993. The molecule has 0 radical (unpaired) electrons. The van der Waals surface area contributed by atoms with Gasteiger partial charge in [0.05, 0.1) is 14.2 Å². The lowest BCUT2D eigenvalue weighted by atomic mass is 10.1. The fourth-order valence-electron chi connectivity index (χ4n) is 2.68. The third-order valence-corrected chi connectivity index (χ3v) is 4.06. The quantitative estimate of drug-likeness (QED) is 0.690. The molecule has 0 unspecified atom stereocenters. The van der Waals surface area contributed by atoms with Crippen LogP contribution in [0.3, 0.4) is 0 Å². The first-order valence-electron chi connectivity index (χ1n) is 8.14. The van der Waals surface area contributed by atoms with E-state index in [2.05, 4.69) is 5.32 Å². The molecular formula is C20H19NO5. The molecule has 0 aliphatic carbocycles. The number of hydrogen-bond donors (Lipinski definition) is 1. The van der Waals surface area contributed by atoms with Crippen LogP contribution in [-0.4, -0.2) is 26.7 Å². The molecule has 0 spiro atoms. The van der Waals surface area contributed by atoms with Crippen LogP contribution in [0.5, 0.6) is 11.5 Å². The van der Waals surface area contributed by atoms with E-state index in [1.54, 1.807) is 44.6 Å². The predicted molar refractivity (Wildman–Crippen MR) is 98.1 cm³/mol. The number of para-hydroxylation sites is 1. The molecule has 0 fully saturated rings. The summed E-state index contributed by atoms with van der Waals surface area (Å²) in [4.78, 5) is 24.3. The van der Waals surface area contributed by atoms with Gasteiger partial charge in [-0.2, -0.15) is 0 Å². The number of fused-ring (bicyclic) bond motifs is 1. The van der Waals surface area contributed by atoms with Gasteiger partial charge in [0.1, 0.15) is 22.6 Å². The number of methoxy groups -OCH3 is 2. The first-order chi connectivity index (χ1) is 12.6. The van der Waals surface area contributed by atoms with Crippen LogP contribution in [0.2, 0.25) is 0 Å². The molecule has 0 atom stereocenters. The Morgan fingerprint density at radius 2 is 1.88 bits per heavy atom. The molecule has 26 heavy (non-hydrogen) atoms. The van der Waals surface area contributed by atoms with Crippen LogP contribution in [-0.2, 0) is 6.42 Å². The number of nitrogens with one attached hydrogen (secondary N) is 1. The van der Waals surface area contributed by atoms with Crippen LogP contribution in [0.25, 0.3) is 11.0 Å². The van der Waals surface area contributed by atoms with Crippen LogP contribution >= 0.6 is 0 Å². The highest BCUT2D eigenvalue weighted by molar-refractivity contribution is 5.96. The second-order valence-electron chi connectivity index (χ2n) is 5.67. The van der Waals surface area contributed by atoms with E-state index in [1.165, 1.54) is 0 Å². The van der Waals surface area contributed by atoms with Crippen molar-refractivity contribution in [3.8, 4) is 11.5 Å². The van der Waals surface area contributed by atoms with Gasteiger partial charge in [-0.15, -0.1) is 0 Å². The van der Waals surface area contributed by atoms with E-state index in [0.717, 1.165) is 5.56 Å². The lowest BCUT2D eigenvalue weighted by molar-refractivity contribution is 0.0950. The number of amides is 1. The summed E-state index contributed by atoms with van der Waals surface area (Å²) in [6, 6.07) is 14.1. The van der Waals surface area contributed by atoms with Crippen molar-refractivity contribution < 1.29 is 18.7 Å². The molecule has 3 rings (SSSR count). The van der Waals surface area contributed by atoms with Crippen molar-refractivity contribution in [2.75, 3.05) is 20.8 Å². The van der Waals surface area contributed by atoms with Crippen LogP contribution in [0.4, 0.5) is 0 Å². The highest BCUT2D eigenvalue weighted by Crippen LogP contribution is 2.24. The number of ether oxygens (including phenoxy) is 2. The van der Waals surface area contributed by atoms with Gasteiger partial charge >= 0.3 is 5.63 Å². The molecule has 1 N–H and O–H groups in total. The number of carbonyl (C=O) groups excluding carboxylic acids is 1. The molecule has 2 aromatic carbocycles. The van der Waals surface area contributed by atoms with Crippen LogP contribution in [0, 0.1) is 0 Å². The summed E-state index contributed by atoms with van der Waals surface area (Å²) >= 11 is 0. The van der Waals surface area contributed by atoms with Gasteiger partial charge in [0.25, 0.3) is 5.91 Å². The monoisotopic (exact) mass is 353 g/mol. The molecule has 0 bridgehead atoms. The Balaban J connectivity index is 1.70. The van der Waals surface area contributed by atoms with Gasteiger partial charge in [0.2, 0.25) is 0 Å². The molecular weight excluding hydrogens is 334 g/mol. The Labute approximate surface area is 150 Å². The van der Waals surface area contributed by atoms with E-state index in [-0.39, 0.29) is 5.56 Å². The SMILES string of the molecule is COc1ccc(CCNC(=O)c2cc3ccccc3oc2=O)c(OC)c1. The molecule has 3 aromatic rings. The largest absolute Gasteiger partial charge is 0.497 e. The molecule has 6 nitrogen and oxygen atoms in total. The zero-order chi connectivity index (χ0) is 18.5. The summed E-state index contributed by atoms with van der Waals surface area (Å²) < 4.78 is 15.7. The Hall–Kier alpha value is -3.28.